The fourth-order valence-electron chi connectivity index (χ4n) is 3.02. The summed E-state index contributed by atoms with van der Waals surface area (Å²) in [7, 11) is 3.15. The van der Waals surface area contributed by atoms with Crippen LogP contribution in [-0.4, -0.2) is 39.3 Å². The van der Waals surface area contributed by atoms with E-state index in [9.17, 15) is 4.79 Å². The van der Waals surface area contributed by atoms with Crippen molar-refractivity contribution in [2.75, 3.05) is 27.3 Å². The second-order valence-corrected chi connectivity index (χ2v) is 5.96. The highest BCUT2D eigenvalue weighted by Crippen LogP contribution is 2.24. The fraction of sp³-hybridized carbons (Fsp3) is 0.611. The number of amides is 1. The summed E-state index contributed by atoms with van der Waals surface area (Å²) in [6.45, 7) is 1.42. The molecule has 0 heterocycles. The third kappa shape index (κ3) is 5.43. The first-order valence-electron chi connectivity index (χ1n) is 8.48. The van der Waals surface area contributed by atoms with Gasteiger partial charge in [-0.2, -0.15) is 0 Å². The van der Waals surface area contributed by atoms with Gasteiger partial charge in [0, 0.05) is 25.2 Å². The Hall–Kier alpha value is -1.75. The van der Waals surface area contributed by atoms with Crippen LogP contribution in [0.1, 0.15) is 48.9 Å². The lowest BCUT2D eigenvalue weighted by atomic mass is 10.1. The monoisotopic (exact) mass is 320 g/mol. The molecule has 2 N–H and O–H groups in total. The zero-order valence-corrected chi connectivity index (χ0v) is 14.2. The van der Waals surface area contributed by atoms with E-state index in [4.69, 9.17) is 9.47 Å². The highest BCUT2D eigenvalue weighted by atomic mass is 16.5. The molecule has 0 aromatic heterocycles. The van der Waals surface area contributed by atoms with Crippen LogP contribution >= 0.6 is 0 Å². The molecular formula is C18H28N2O3. The quantitative estimate of drug-likeness (QED) is 0.599. The molecule has 0 spiro atoms. The van der Waals surface area contributed by atoms with Gasteiger partial charge in [0.1, 0.15) is 11.5 Å². The predicted molar refractivity (Wildman–Crippen MR) is 91.4 cm³/mol. The highest BCUT2D eigenvalue weighted by Gasteiger charge is 2.14. The average molecular weight is 320 g/mol. The van der Waals surface area contributed by atoms with E-state index >= 15 is 0 Å². The summed E-state index contributed by atoms with van der Waals surface area (Å²) >= 11 is 0. The number of carbonyl (C=O) groups excluding carboxylic acids is 1. The van der Waals surface area contributed by atoms with Crippen LogP contribution in [0.25, 0.3) is 0 Å². The van der Waals surface area contributed by atoms with Crippen molar-refractivity contribution in [1.82, 2.24) is 10.6 Å². The molecule has 2 rings (SSSR count). The Morgan fingerprint density at radius 3 is 2.48 bits per heavy atom. The molecule has 0 saturated heterocycles. The molecule has 23 heavy (non-hydrogen) atoms. The van der Waals surface area contributed by atoms with Crippen molar-refractivity contribution >= 4 is 5.91 Å². The molecule has 0 unspecified atom stereocenters. The van der Waals surface area contributed by atoms with E-state index in [0.29, 0.717) is 29.6 Å². The molecule has 5 nitrogen and oxygen atoms in total. The smallest absolute Gasteiger partial charge is 0.255 e. The van der Waals surface area contributed by atoms with Crippen LogP contribution in [0.4, 0.5) is 0 Å². The lowest BCUT2D eigenvalue weighted by molar-refractivity contribution is 0.0950. The van der Waals surface area contributed by atoms with Crippen LogP contribution in [0.2, 0.25) is 0 Å². The summed E-state index contributed by atoms with van der Waals surface area (Å²) in [5, 5.41) is 6.49. The summed E-state index contributed by atoms with van der Waals surface area (Å²) in [5.41, 5.74) is 0.530. The summed E-state index contributed by atoms with van der Waals surface area (Å²) in [4.78, 5) is 12.3. The maximum absolute atomic E-state index is 12.3. The Bertz CT molecular complexity index is 497. The number of hydrogen-bond donors (Lipinski definition) is 2. The largest absolute Gasteiger partial charge is 0.497 e. The van der Waals surface area contributed by atoms with E-state index in [0.717, 1.165) is 6.54 Å². The number of nitrogens with one attached hydrogen (secondary N) is 2. The molecule has 128 valence electrons. The van der Waals surface area contributed by atoms with Crippen molar-refractivity contribution in [2.45, 2.75) is 44.6 Å². The zero-order valence-electron chi connectivity index (χ0n) is 14.2. The van der Waals surface area contributed by atoms with Gasteiger partial charge in [-0.05, 0) is 25.0 Å². The number of carbonyl (C=O) groups is 1. The van der Waals surface area contributed by atoms with Crippen molar-refractivity contribution < 1.29 is 14.3 Å². The van der Waals surface area contributed by atoms with Gasteiger partial charge in [-0.3, -0.25) is 4.79 Å². The van der Waals surface area contributed by atoms with Crippen LogP contribution in [-0.2, 0) is 0 Å². The summed E-state index contributed by atoms with van der Waals surface area (Å²) < 4.78 is 10.4. The average Bonchev–Trinajstić information content (AvgIpc) is 2.86. The van der Waals surface area contributed by atoms with Crippen LogP contribution in [0, 0.1) is 0 Å². The van der Waals surface area contributed by atoms with Gasteiger partial charge in [-0.15, -0.1) is 0 Å². The van der Waals surface area contributed by atoms with Crippen molar-refractivity contribution in [3.8, 4) is 11.5 Å². The van der Waals surface area contributed by atoms with Crippen LogP contribution < -0.4 is 20.1 Å². The molecule has 0 radical (unpaired) electrons. The van der Waals surface area contributed by atoms with Crippen molar-refractivity contribution in [3.05, 3.63) is 23.8 Å². The van der Waals surface area contributed by atoms with E-state index in [1.54, 1.807) is 32.4 Å². The van der Waals surface area contributed by atoms with Crippen molar-refractivity contribution in [3.63, 3.8) is 0 Å². The Labute approximate surface area is 138 Å². The summed E-state index contributed by atoms with van der Waals surface area (Å²) in [6, 6.07) is 5.82. The van der Waals surface area contributed by atoms with Crippen LogP contribution in [0.15, 0.2) is 18.2 Å². The van der Waals surface area contributed by atoms with Gasteiger partial charge in [-0.25, -0.2) is 0 Å². The van der Waals surface area contributed by atoms with E-state index in [-0.39, 0.29) is 5.91 Å². The molecule has 1 fully saturated rings. The molecule has 0 aliphatic heterocycles. The van der Waals surface area contributed by atoms with Gasteiger partial charge in [0.2, 0.25) is 0 Å². The van der Waals surface area contributed by atoms with E-state index in [1.165, 1.54) is 38.5 Å². The van der Waals surface area contributed by atoms with Gasteiger partial charge in [-0.1, -0.05) is 25.7 Å². The Balaban J connectivity index is 1.78. The molecule has 1 aliphatic carbocycles. The van der Waals surface area contributed by atoms with Crippen LogP contribution in [0.5, 0.6) is 11.5 Å². The van der Waals surface area contributed by atoms with Gasteiger partial charge in [0.15, 0.2) is 0 Å². The van der Waals surface area contributed by atoms with Gasteiger partial charge in [0.05, 0.1) is 19.8 Å². The first kappa shape index (κ1) is 17.6. The molecule has 1 amide bonds. The van der Waals surface area contributed by atoms with Gasteiger partial charge in [0.25, 0.3) is 5.91 Å². The summed E-state index contributed by atoms with van der Waals surface area (Å²) in [5.74, 6) is 1.08. The first-order valence-corrected chi connectivity index (χ1v) is 8.48. The number of hydrogen-bond acceptors (Lipinski definition) is 4. The minimum absolute atomic E-state index is 0.118. The molecule has 1 saturated carbocycles. The fourth-order valence-corrected chi connectivity index (χ4v) is 3.02. The Kier molecular flexibility index (Phi) is 7.20. The Morgan fingerprint density at radius 2 is 1.83 bits per heavy atom. The summed E-state index contributed by atoms with van der Waals surface area (Å²) in [6.07, 6.45) is 7.83. The Morgan fingerprint density at radius 1 is 1.09 bits per heavy atom. The highest BCUT2D eigenvalue weighted by molar-refractivity contribution is 5.97. The van der Waals surface area contributed by atoms with Crippen LogP contribution in [0.3, 0.4) is 0 Å². The molecule has 0 atom stereocenters. The van der Waals surface area contributed by atoms with Crippen molar-refractivity contribution in [1.29, 1.82) is 0 Å². The lowest BCUT2D eigenvalue weighted by Crippen LogP contribution is -2.37. The van der Waals surface area contributed by atoms with Crippen molar-refractivity contribution in [2.24, 2.45) is 0 Å². The maximum Gasteiger partial charge on any atom is 0.255 e. The minimum atomic E-state index is -0.118. The molecule has 1 aromatic rings. The number of ether oxygens (including phenoxy) is 2. The lowest BCUT2D eigenvalue weighted by Gasteiger charge is -2.16. The number of benzene rings is 1. The molecule has 5 heteroatoms. The molecule has 0 bridgehead atoms. The normalized spacial score (nSPS) is 15.7. The second kappa shape index (κ2) is 9.40. The van der Waals surface area contributed by atoms with E-state index < -0.39 is 0 Å². The standard InChI is InChI=1S/C18H28N2O3/c1-22-15-9-10-16(17(13-15)23-2)18(21)20-12-11-19-14-7-5-3-4-6-8-14/h9-10,13-14,19H,3-8,11-12H2,1-2H3,(H,20,21). The third-order valence-corrected chi connectivity index (χ3v) is 4.35. The molecule has 1 aromatic carbocycles. The molecule has 1 aliphatic rings. The number of methoxy groups -OCH3 is 2. The third-order valence-electron chi connectivity index (χ3n) is 4.35. The van der Waals surface area contributed by atoms with E-state index in [1.807, 2.05) is 0 Å². The first-order chi connectivity index (χ1) is 11.2. The maximum atomic E-state index is 12.3. The predicted octanol–water partition coefficient (Wildman–Crippen LogP) is 2.75. The molecular weight excluding hydrogens is 292 g/mol. The van der Waals surface area contributed by atoms with Gasteiger partial charge >= 0.3 is 0 Å². The topological polar surface area (TPSA) is 59.6 Å². The SMILES string of the molecule is COc1ccc(C(=O)NCCNC2CCCCCC2)c(OC)c1. The minimum Gasteiger partial charge on any atom is -0.497 e. The number of rotatable bonds is 7. The second-order valence-electron chi connectivity index (χ2n) is 5.96. The zero-order chi connectivity index (χ0) is 16.5. The van der Waals surface area contributed by atoms with Gasteiger partial charge < -0.3 is 20.1 Å². The van der Waals surface area contributed by atoms with E-state index in [2.05, 4.69) is 10.6 Å².